The molecule has 23 heavy (non-hydrogen) atoms. The van der Waals surface area contributed by atoms with Crippen LogP contribution >= 0.6 is 0 Å². The minimum Gasteiger partial charge on any atom is -0.493 e. The number of halogens is 3. The number of hydrazine groups is 1. The van der Waals surface area contributed by atoms with Crippen LogP contribution in [0.25, 0.3) is 5.69 Å². The molecule has 2 rings (SSSR count). The fraction of sp³-hybridized carbons (Fsp3) is 0.250. The zero-order valence-corrected chi connectivity index (χ0v) is 12.0. The molecule has 0 amide bonds. The number of ether oxygens (including phenoxy) is 2. The minimum absolute atomic E-state index is 0.287. The highest BCUT2D eigenvalue weighted by atomic mass is 19.4. The van der Waals surface area contributed by atoms with Gasteiger partial charge in [-0.3, -0.25) is 4.57 Å². The van der Waals surface area contributed by atoms with E-state index in [1.807, 2.05) is 0 Å². The number of nitrogens with zero attached hydrogens (tertiary/aromatic N) is 4. The maximum atomic E-state index is 12.5. The molecule has 0 atom stereocenters. The van der Waals surface area contributed by atoms with Crippen molar-refractivity contribution in [2.24, 2.45) is 5.84 Å². The van der Waals surface area contributed by atoms with E-state index < -0.39 is 22.9 Å². The standard InChI is InChI=1S/C12H12F3N5O3/c1-22-8-4-3-7(5-9(8)23-2)19-6-17-10(18-11(19)21)20(16)12(13,14)15/h3-6H,16H2,1-2H3. The smallest absolute Gasteiger partial charge is 0.493 e. The third-order valence-corrected chi connectivity index (χ3v) is 2.82. The van der Waals surface area contributed by atoms with Crippen molar-refractivity contribution in [3.63, 3.8) is 0 Å². The van der Waals surface area contributed by atoms with Gasteiger partial charge in [-0.25, -0.2) is 15.6 Å². The normalized spacial score (nSPS) is 11.2. The summed E-state index contributed by atoms with van der Waals surface area (Å²) in [6.45, 7) is 0. The van der Waals surface area contributed by atoms with Gasteiger partial charge in [0.1, 0.15) is 6.33 Å². The Morgan fingerprint density at radius 3 is 2.39 bits per heavy atom. The van der Waals surface area contributed by atoms with Gasteiger partial charge >= 0.3 is 12.0 Å². The van der Waals surface area contributed by atoms with Crippen molar-refractivity contribution in [3.05, 3.63) is 35.0 Å². The van der Waals surface area contributed by atoms with Gasteiger partial charge in [0.25, 0.3) is 5.95 Å². The third kappa shape index (κ3) is 3.34. The van der Waals surface area contributed by atoms with Gasteiger partial charge in [0.15, 0.2) is 11.5 Å². The van der Waals surface area contributed by atoms with Gasteiger partial charge < -0.3 is 9.47 Å². The summed E-state index contributed by atoms with van der Waals surface area (Å²) in [7, 11) is 2.84. The van der Waals surface area contributed by atoms with Crippen LogP contribution in [0.15, 0.2) is 29.3 Å². The Kier molecular flexibility index (Phi) is 4.40. The second kappa shape index (κ2) is 6.12. The predicted molar refractivity (Wildman–Crippen MR) is 73.5 cm³/mol. The van der Waals surface area contributed by atoms with Crippen LogP contribution in [-0.4, -0.2) is 35.1 Å². The van der Waals surface area contributed by atoms with Crippen molar-refractivity contribution >= 4 is 5.95 Å². The van der Waals surface area contributed by atoms with Crippen LogP contribution in [0.1, 0.15) is 0 Å². The number of aromatic nitrogens is 3. The molecule has 0 aliphatic carbocycles. The van der Waals surface area contributed by atoms with Crippen LogP contribution in [0.2, 0.25) is 0 Å². The lowest BCUT2D eigenvalue weighted by Crippen LogP contribution is -2.46. The number of benzene rings is 1. The first-order valence-electron chi connectivity index (χ1n) is 6.07. The van der Waals surface area contributed by atoms with Gasteiger partial charge in [-0.05, 0) is 12.1 Å². The molecule has 0 saturated carbocycles. The number of alkyl halides is 3. The minimum atomic E-state index is -4.90. The Morgan fingerprint density at radius 1 is 1.22 bits per heavy atom. The molecule has 0 fully saturated rings. The lowest BCUT2D eigenvalue weighted by atomic mass is 10.2. The van der Waals surface area contributed by atoms with Gasteiger partial charge in [-0.2, -0.15) is 9.99 Å². The predicted octanol–water partition coefficient (Wildman–Crippen LogP) is 0.845. The molecular weight excluding hydrogens is 319 g/mol. The molecule has 1 aromatic heterocycles. The number of rotatable bonds is 4. The summed E-state index contributed by atoms with van der Waals surface area (Å²) in [5, 5.41) is -0.645. The number of nitrogens with two attached hydrogens (primary N) is 1. The molecule has 1 aromatic carbocycles. The van der Waals surface area contributed by atoms with Gasteiger partial charge in [-0.15, -0.1) is 13.2 Å². The average Bonchev–Trinajstić information content (AvgIpc) is 2.52. The van der Waals surface area contributed by atoms with Crippen molar-refractivity contribution < 1.29 is 22.6 Å². The zero-order valence-electron chi connectivity index (χ0n) is 12.0. The molecule has 8 nitrogen and oxygen atoms in total. The lowest BCUT2D eigenvalue weighted by Gasteiger charge is -2.18. The fourth-order valence-electron chi connectivity index (χ4n) is 1.71. The highest BCUT2D eigenvalue weighted by Crippen LogP contribution is 2.28. The van der Waals surface area contributed by atoms with Crippen molar-refractivity contribution in [2.45, 2.75) is 6.30 Å². The van der Waals surface area contributed by atoms with Crippen molar-refractivity contribution in [1.82, 2.24) is 14.5 Å². The first-order chi connectivity index (χ1) is 10.8. The van der Waals surface area contributed by atoms with E-state index in [1.54, 1.807) is 0 Å². The quantitative estimate of drug-likeness (QED) is 0.504. The number of anilines is 1. The molecule has 124 valence electrons. The summed E-state index contributed by atoms with van der Waals surface area (Å²) in [5.74, 6) is 4.61. The topological polar surface area (TPSA) is 95.5 Å². The molecule has 0 spiro atoms. The molecule has 2 N–H and O–H groups in total. The molecule has 0 saturated heterocycles. The zero-order chi connectivity index (χ0) is 17.2. The summed E-state index contributed by atoms with van der Waals surface area (Å²) in [6, 6.07) is 4.47. The summed E-state index contributed by atoms with van der Waals surface area (Å²) >= 11 is 0. The summed E-state index contributed by atoms with van der Waals surface area (Å²) < 4.78 is 48.4. The summed E-state index contributed by atoms with van der Waals surface area (Å²) in [5.41, 5.74) is -0.697. The maximum absolute atomic E-state index is 12.5. The fourth-order valence-corrected chi connectivity index (χ4v) is 1.71. The van der Waals surface area contributed by atoms with E-state index in [2.05, 4.69) is 9.97 Å². The van der Waals surface area contributed by atoms with Crippen LogP contribution in [-0.2, 0) is 0 Å². The first kappa shape index (κ1) is 16.5. The van der Waals surface area contributed by atoms with E-state index in [1.165, 1.54) is 32.4 Å². The van der Waals surface area contributed by atoms with Gasteiger partial charge in [0, 0.05) is 6.07 Å². The molecule has 0 aliphatic heterocycles. The van der Waals surface area contributed by atoms with Gasteiger partial charge in [0.2, 0.25) is 0 Å². The second-order valence-electron chi connectivity index (χ2n) is 4.19. The Morgan fingerprint density at radius 2 is 1.87 bits per heavy atom. The van der Waals surface area contributed by atoms with E-state index in [4.69, 9.17) is 15.3 Å². The Labute approximate surface area is 127 Å². The van der Waals surface area contributed by atoms with Crippen LogP contribution < -0.4 is 26.0 Å². The van der Waals surface area contributed by atoms with Gasteiger partial charge in [0.05, 0.1) is 19.9 Å². The summed E-state index contributed by atoms with van der Waals surface area (Å²) in [4.78, 5) is 18.6. The van der Waals surface area contributed by atoms with E-state index in [0.717, 1.165) is 10.9 Å². The summed E-state index contributed by atoms with van der Waals surface area (Å²) in [6.07, 6.45) is -4.01. The molecule has 0 unspecified atom stereocenters. The van der Waals surface area contributed by atoms with Gasteiger partial charge in [-0.1, -0.05) is 0 Å². The Bertz CT molecular complexity index is 762. The SMILES string of the molecule is COc1ccc(-n2cnc(N(N)C(F)(F)F)nc2=O)cc1OC. The highest BCUT2D eigenvalue weighted by molar-refractivity contribution is 5.48. The molecule has 1 heterocycles. The average molecular weight is 331 g/mol. The van der Waals surface area contributed by atoms with Crippen molar-refractivity contribution in [2.75, 3.05) is 19.2 Å². The first-order valence-corrected chi connectivity index (χ1v) is 6.07. The van der Waals surface area contributed by atoms with Crippen LogP contribution in [0, 0.1) is 0 Å². The Hall–Kier alpha value is -2.82. The van der Waals surface area contributed by atoms with E-state index in [0.29, 0.717) is 11.5 Å². The van der Waals surface area contributed by atoms with Crippen molar-refractivity contribution in [1.29, 1.82) is 0 Å². The number of hydrogen-bond donors (Lipinski definition) is 1. The maximum Gasteiger partial charge on any atom is 0.501 e. The highest BCUT2D eigenvalue weighted by Gasteiger charge is 2.37. The van der Waals surface area contributed by atoms with Crippen LogP contribution in [0.4, 0.5) is 19.1 Å². The lowest BCUT2D eigenvalue weighted by molar-refractivity contribution is -0.130. The van der Waals surface area contributed by atoms with Crippen LogP contribution in [0.3, 0.4) is 0 Å². The van der Waals surface area contributed by atoms with E-state index in [9.17, 15) is 18.0 Å². The second-order valence-corrected chi connectivity index (χ2v) is 4.19. The Balaban J connectivity index is 2.44. The third-order valence-electron chi connectivity index (χ3n) is 2.82. The largest absolute Gasteiger partial charge is 0.501 e. The monoisotopic (exact) mass is 331 g/mol. The van der Waals surface area contributed by atoms with E-state index >= 15 is 0 Å². The number of methoxy groups -OCH3 is 2. The molecular formula is C12H12F3N5O3. The molecule has 0 radical (unpaired) electrons. The van der Waals surface area contributed by atoms with E-state index in [-0.39, 0.29) is 5.69 Å². The molecule has 0 bridgehead atoms. The van der Waals surface area contributed by atoms with Crippen molar-refractivity contribution in [3.8, 4) is 17.2 Å². The molecule has 0 aliphatic rings. The van der Waals surface area contributed by atoms with Crippen LogP contribution in [0.5, 0.6) is 11.5 Å². The number of hydrogen-bond acceptors (Lipinski definition) is 7. The molecule has 2 aromatic rings. The molecule has 11 heteroatoms.